The van der Waals surface area contributed by atoms with Crippen molar-refractivity contribution in [1.82, 2.24) is 9.88 Å². The smallest absolute Gasteiger partial charge is 0.0895 e. The number of morpholine rings is 1. The quantitative estimate of drug-likeness (QED) is 0.887. The molecule has 1 fully saturated rings. The summed E-state index contributed by atoms with van der Waals surface area (Å²) in [4.78, 5) is 6.85. The van der Waals surface area contributed by atoms with E-state index in [9.17, 15) is 0 Å². The van der Waals surface area contributed by atoms with Gasteiger partial charge in [0.15, 0.2) is 0 Å². The first kappa shape index (κ1) is 12.5. The van der Waals surface area contributed by atoms with Crippen molar-refractivity contribution in [3.8, 4) is 0 Å². The van der Waals surface area contributed by atoms with Crippen molar-refractivity contribution >= 4 is 10.9 Å². The van der Waals surface area contributed by atoms with E-state index in [1.165, 1.54) is 5.56 Å². The van der Waals surface area contributed by atoms with E-state index in [-0.39, 0.29) is 12.1 Å². The molecule has 0 aliphatic carbocycles. The van der Waals surface area contributed by atoms with Crippen LogP contribution in [0.15, 0.2) is 36.5 Å². The van der Waals surface area contributed by atoms with Gasteiger partial charge in [0.05, 0.1) is 24.3 Å². The topological polar surface area (TPSA) is 51.4 Å². The number of rotatable bonds is 2. The first-order chi connectivity index (χ1) is 9.31. The zero-order chi connectivity index (χ0) is 13.2. The van der Waals surface area contributed by atoms with E-state index in [0.717, 1.165) is 24.1 Å². The van der Waals surface area contributed by atoms with E-state index in [4.69, 9.17) is 10.5 Å². The maximum Gasteiger partial charge on any atom is 0.0895 e. The highest BCUT2D eigenvalue weighted by Gasteiger charge is 2.31. The first-order valence-electron chi connectivity index (χ1n) is 6.67. The molecule has 3 rings (SSSR count). The molecular weight excluding hydrogens is 238 g/mol. The van der Waals surface area contributed by atoms with Crippen LogP contribution in [0, 0.1) is 0 Å². The van der Waals surface area contributed by atoms with Crippen molar-refractivity contribution in [2.24, 2.45) is 5.73 Å². The number of aromatic nitrogens is 1. The minimum Gasteiger partial charge on any atom is -0.374 e. The Bertz CT molecular complexity index is 567. The van der Waals surface area contributed by atoms with Crippen molar-refractivity contribution < 1.29 is 4.74 Å². The summed E-state index contributed by atoms with van der Waals surface area (Å²) >= 11 is 0. The lowest BCUT2D eigenvalue weighted by atomic mass is 9.96. The number of nitrogens with zero attached hydrogens (tertiary/aromatic N) is 2. The number of hydrogen-bond donors (Lipinski definition) is 1. The fourth-order valence-corrected chi connectivity index (χ4v) is 2.86. The van der Waals surface area contributed by atoms with Crippen LogP contribution in [-0.2, 0) is 4.74 Å². The molecule has 2 unspecified atom stereocenters. The number of ether oxygens (including phenoxy) is 1. The molecule has 0 radical (unpaired) electrons. The van der Waals surface area contributed by atoms with Crippen molar-refractivity contribution in [3.05, 3.63) is 42.1 Å². The lowest BCUT2D eigenvalue weighted by Crippen LogP contribution is -2.46. The zero-order valence-electron chi connectivity index (χ0n) is 11.1. The minimum atomic E-state index is 0.0337. The van der Waals surface area contributed by atoms with Crippen LogP contribution in [0.3, 0.4) is 0 Å². The van der Waals surface area contributed by atoms with Crippen molar-refractivity contribution in [1.29, 1.82) is 0 Å². The predicted molar refractivity (Wildman–Crippen MR) is 75.9 cm³/mol. The molecule has 4 heteroatoms. The van der Waals surface area contributed by atoms with Gasteiger partial charge in [-0.25, -0.2) is 0 Å². The highest BCUT2D eigenvalue weighted by molar-refractivity contribution is 5.82. The van der Waals surface area contributed by atoms with Crippen LogP contribution in [0.2, 0.25) is 0 Å². The van der Waals surface area contributed by atoms with Gasteiger partial charge in [0, 0.05) is 24.7 Å². The molecule has 0 saturated carbocycles. The molecule has 1 aromatic heterocycles. The van der Waals surface area contributed by atoms with E-state index in [2.05, 4.69) is 41.2 Å². The van der Waals surface area contributed by atoms with Gasteiger partial charge in [-0.3, -0.25) is 9.88 Å². The summed E-state index contributed by atoms with van der Waals surface area (Å²) in [6, 6.07) is 10.5. The highest BCUT2D eigenvalue weighted by Crippen LogP contribution is 2.31. The minimum absolute atomic E-state index is 0.0337. The Morgan fingerprint density at radius 2 is 2.21 bits per heavy atom. The molecule has 2 aromatic rings. The van der Waals surface area contributed by atoms with Crippen LogP contribution < -0.4 is 5.73 Å². The van der Waals surface area contributed by atoms with Crippen molar-refractivity contribution in [2.45, 2.75) is 12.1 Å². The highest BCUT2D eigenvalue weighted by atomic mass is 16.5. The maximum atomic E-state index is 5.87. The van der Waals surface area contributed by atoms with Gasteiger partial charge in [0.25, 0.3) is 0 Å². The Morgan fingerprint density at radius 1 is 1.37 bits per heavy atom. The number of nitrogens with two attached hydrogens (primary N) is 1. The third kappa shape index (κ3) is 2.23. The molecule has 1 aliphatic heterocycles. The monoisotopic (exact) mass is 257 g/mol. The van der Waals surface area contributed by atoms with Crippen LogP contribution in [0.4, 0.5) is 0 Å². The van der Waals surface area contributed by atoms with Gasteiger partial charge < -0.3 is 10.5 Å². The first-order valence-corrected chi connectivity index (χ1v) is 6.67. The normalized spacial score (nSPS) is 24.7. The van der Waals surface area contributed by atoms with Gasteiger partial charge in [-0.05, 0) is 18.7 Å². The van der Waals surface area contributed by atoms with Crippen LogP contribution in [-0.4, -0.2) is 42.7 Å². The largest absolute Gasteiger partial charge is 0.374 e. The standard InChI is InChI=1S/C15H19N3O/c1-18-8-9-19-13(10-16)15(18)12-6-2-4-11-5-3-7-17-14(11)12/h2-7,13,15H,8-10,16H2,1H3. The van der Waals surface area contributed by atoms with Gasteiger partial charge >= 0.3 is 0 Å². The molecule has 0 amide bonds. The van der Waals surface area contributed by atoms with Gasteiger partial charge in [-0.15, -0.1) is 0 Å². The molecule has 100 valence electrons. The van der Waals surface area contributed by atoms with Crippen molar-refractivity contribution in [3.63, 3.8) is 0 Å². The molecule has 4 nitrogen and oxygen atoms in total. The molecule has 0 spiro atoms. The molecule has 1 aliphatic rings. The molecule has 2 atom stereocenters. The summed E-state index contributed by atoms with van der Waals surface area (Å²) in [6.07, 6.45) is 1.87. The second kappa shape index (κ2) is 5.25. The van der Waals surface area contributed by atoms with Gasteiger partial charge in [0.2, 0.25) is 0 Å². The predicted octanol–water partition coefficient (Wildman–Crippen LogP) is 1.57. The second-order valence-corrected chi connectivity index (χ2v) is 4.99. The fourth-order valence-electron chi connectivity index (χ4n) is 2.86. The number of para-hydroxylation sites is 1. The Kier molecular flexibility index (Phi) is 3.46. The van der Waals surface area contributed by atoms with E-state index in [0.29, 0.717) is 6.54 Å². The average Bonchev–Trinajstić information content (AvgIpc) is 2.46. The average molecular weight is 257 g/mol. The van der Waals surface area contributed by atoms with E-state index >= 15 is 0 Å². The second-order valence-electron chi connectivity index (χ2n) is 4.99. The van der Waals surface area contributed by atoms with Crippen molar-refractivity contribution in [2.75, 3.05) is 26.7 Å². The third-order valence-electron chi connectivity index (χ3n) is 3.82. The number of benzene rings is 1. The molecular formula is C15H19N3O. The third-order valence-corrected chi connectivity index (χ3v) is 3.82. The molecule has 1 aromatic carbocycles. The van der Waals surface area contributed by atoms with E-state index in [1.54, 1.807) is 0 Å². The van der Waals surface area contributed by atoms with Crippen LogP contribution >= 0.6 is 0 Å². The summed E-state index contributed by atoms with van der Waals surface area (Å²) in [5.74, 6) is 0. The SMILES string of the molecule is CN1CCOC(CN)C1c1cccc2cccnc12. The molecule has 2 heterocycles. The van der Waals surface area contributed by atoms with E-state index < -0.39 is 0 Å². The number of pyridine rings is 1. The summed E-state index contributed by atoms with van der Waals surface area (Å²) in [7, 11) is 2.12. The molecule has 0 bridgehead atoms. The lowest BCUT2D eigenvalue weighted by Gasteiger charge is -2.39. The summed E-state index contributed by atoms with van der Waals surface area (Å²) in [6.45, 7) is 2.19. The molecule has 1 saturated heterocycles. The van der Waals surface area contributed by atoms with Gasteiger partial charge in [0.1, 0.15) is 0 Å². The molecule has 2 N–H and O–H groups in total. The summed E-state index contributed by atoms with van der Waals surface area (Å²) in [5, 5.41) is 1.16. The van der Waals surface area contributed by atoms with Crippen LogP contribution in [0.5, 0.6) is 0 Å². The zero-order valence-corrected chi connectivity index (χ0v) is 11.1. The Labute approximate surface area is 113 Å². The van der Waals surface area contributed by atoms with E-state index in [1.807, 2.05) is 12.3 Å². The summed E-state index contributed by atoms with van der Waals surface area (Å²) < 4.78 is 5.82. The lowest BCUT2D eigenvalue weighted by molar-refractivity contribution is -0.0572. The van der Waals surface area contributed by atoms with Gasteiger partial charge in [-0.1, -0.05) is 24.3 Å². The Balaban J connectivity index is 2.11. The number of fused-ring (bicyclic) bond motifs is 1. The number of likely N-dealkylation sites (N-methyl/N-ethyl adjacent to an activating group) is 1. The Morgan fingerprint density at radius 3 is 3.05 bits per heavy atom. The van der Waals surface area contributed by atoms with Crippen LogP contribution in [0.1, 0.15) is 11.6 Å². The molecule has 19 heavy (non-hydrogen) atoms. The maximum absolute atomic E-state index is 5.87. The van der Waals surface area contributed by atoms with Gasteiger partial charge in [-0.2, -0.15) is 0 Å². The summed E-state index contributed by atoms with van der Waals surface area (Å²) in [5.41, 5.74) is 8.12. The number of hydrogen-bond acceptors (Lipinski definition) is 4. The van der Waals surface area contributed by atoms with Crippen LogP contribution in [0.25, 0.3) is 10.9 Å². The Hall–Kier alpha value is -1.49. The fraction of sp³-hybridized carbons (Fsp3) is 0.400.